The molecule has 0 unspecified atom stereocenters. The number of nitrogens with one attached hydrogen (secondary N) is 1. The van der Waals surface area contributed by atoms with E-state index in [-0.39, 0.29) is 5.78 Å². The number of benzene rings is 2. The van der Waals surface area contributed by atoms with Crippen molar-refractivity contribution in [3.05, 3.63) is 53.1 Å². The molecule has 0 amide bonds. The van der Waals surface area contributed by atoms with Gasteiger partial charge < -0.3 is 10.1 Å². The maximum absolute atomic E-state index is 11.4. The van der Waals surface area contributed by atoms with E-state index in [4.69, 9.17) is 16.3 Å². The third-order valence-electron chi connectivity index (χ3n) is 2.73. The van der Waals surface area contributed by atoms with Crippen LogP contribution in [0.25, 0.3) is 0 Å². The van der Waals surface area contributed by atoms with Crippen LogP contribution in [0, 0.1) is 0 Å². The molecular formula is C15H14ClNO2. The van der Waals surface area contributed by atoms with E-state index < -0.39 is 0 Å². The van der Waals surface area contributed by atoms with Crippen molar-refractivity contribution in [1.82, 2.24) is 0 Å². The van der Waals surface area contributed by atoms with Gasteiger partial charge >= 0.3 is 0 Å². The maximum atomic E-state index is 11.4. The fourth-order valence-corrected chi connectivity index (χ4v) is 1.96. The van der Waals surface area contributed by atoms with E-state index in [1.807, 2.05) is 30.3 Å². The van der Waals surface area contributed by atoms with Crippen LogP contribution in [-0.2, 0) is 0 Å². The zero-order valence-corrected chi connectivity index (χ0v) is 11.5. The van der Waals surface area contributed by atoms with Crippen molar-refractivity contribution >= 4 is 28.8 Å². The number of anilines is 2. The van der Waals surface area contributed by atoms with Gasteiger partial charge in [0.1, 0.15) is 5.75 Å². The number of carbonyl (C=O) groups is 1. The number of para-hydroxylation sites is 1. The summed E-state index contributed by atoms with van der Waals surface area (Å²) < 4.78 is 5.22. The van der Waals surface area contributed by atoms with Gasteiger partial charge in [-0.05, 0) is 31.2 Å². The maximum Gasteiger partial charge on any atom is 0.163 e. The Morgan fingerprint density at radius 3 is 2.58 bits per heavy atom. The highest BCUT2D eigenvalue weighted by atomic mass is 35.5. The number of hydrogen-bond acceptors (Lipinski definition) is 3. The van der Waals surface area contributed by atoms with Crippen LogP contribution in [-0.4, -0.2) is 12.9 Å². The van der Waals surface area contributed by atoms with Crippen LogP contribution in [0.4, 0.5) is 11.4 Å². The summed E-state index contributed by atoms with van der Waals surface area (Å²) in [5.74, 6) is 0.519. The van der Waals surface area contributed by atoms with E-state index in [0.29, 0.717) is 16.3 Å². The molecule has 0 radical (unpaired) electrons. The van der Waals surface area contributed by atoms with Crippen molar-refractivity contribution < 1.29 is 9.53 Å². The highest BCUT2D eigenvalue weighted by Gasteiger charge is 2.09. The lowest BCUT2D eigenvalue weighted by Gasteiger charge is -2.11. The van der Waals surface area contributed by atoms with Crippen LogP contribution < -0.4 is 10.1 Å². The van der Waals surface area contributed by atoms with E-state index in [1.165, 1.54) is 6.92 Å². The van der Waals surface area contributed by atoms with Gasteiger partial charge in [0.05, 0.1) is 23.4 Å². The number of methoxy groups -OCH3 is 1. The third kappa shape index (κ3) is 3.06. The summed E-state index contributed by atoms with van der Waals surface area (Å²) >= 11 is 6.08. The van der Waals surface area contributed by atoms with E-state index >= 15 is 0 Å². The van der Waals surface area contributed by atoms with Crippen molar-refractivity contribution in [1.29, 1.82) is 0 Å². The van der Waals surface area contributed by atoms with Gasteiger partial charge in [-0.1, -0.05) is 23.7 Å². The number of Topliss-reactive ketones (excluding diaryl/α,β-unsaturated/α-hetero) is 1. The molecule has 0 aliphatic heterocycles. The average Bonchev–Trinajstić information content (AvgIpc) is 2.41. The summed E-state index contributed by atoms with van der Waals surface area (Å²) in [6.45, 7) is 1.51. The van der Waals surface area contributed by atoms with Crippen molar-refractivity contribution in [3.8, 4) is 5.75 Å². The van der Waals surface area contributed by atoms with Gasteiger partial charge in [0.2, 0.25) is 0 Å². The summed E-state index contributed by atoms with van der Waals surface area (Å²) in [5.41, 5.74) is 2.18. The Bertz CT molecular complexity index is 611. The van der Waals surface area contributed by atoms with Crippen LogP contribution in [0.3, 0.4) is 0 Å². The first kappa shape index (κ1) is 13.4. The standard InChI is InChI=1S/C15H14ClNO2/c1-10(18)12-8-7-11(9-15(12)19-2)17-14-6-4-3-5-13(14)16/h3-9,17H,1-2H3. The molecule has 0 saturated heterocycles. The average molecular weight is 276 g/mol. The molecule has 0 heterocycles. The van der Waals surface area contributed by atoms with Gasteiger partial charge in [-0.25, -0.2) is 0 Å². The monoisotopic (exact) mass is 275 g/mol. The van der Waals surface area contributed by atoms with Crippen molar-refractivity contribution in [2.45, 2.75) is 6.92 Å². The Morgan fingerprint density at radius 1 is 1.21 bits per heavy atom. The molecule has 0 spiro atoms. The molecule has 0 atom stereocenters. The number of ether oxygens (including phenoxy) is 1. The predicted octanol–water partition coefficient (Wildman–Crippen LogP) is 4.29. The van der Waals surface area contributed by atoms with Gasteiger partial charge in [-0.15, -0.1) is 0 Å². The van der Waals surface area contributed by atoms with Gasteiger partial charge in [0.25, 0.3) is 0 Å². The first-order valence-corrected chi connectivity index (χ1v) is 6.20. The predicted molar refractivity (Wildman–Crippen MR) is 77.7 cm³/mol. The Labute approximate surface area is 117 Å². The van der Waals surface area contributed by atoms with Gasteiger partial charge in [-0.2, -0.15) is 0 Å². The molecule has 98 valence electrons. The van der Waals surface area contributed by atoms with Crippen molar-refractivity contribution in [2.24, 2.45) is 0 Å². The molecular weight excluding hydrogens is 262 g/mol. The van der Waals surface area contributed by atoms with E-state index in [1.54, 1.807) is 19.2 Å². The molecule has 0 aliphatic rings. The van der Waals surface area contributed by atoms with Crippen molar-refractivity contribution in [2.75, 3.05) is 12.4 Å². The molecule has 2 aromatic carbocycles. The van der Waals surface area contributed by atoms with Gasteiger partial charge in [-0.3, -0.25) is 4.79 Å². The summed E-state index contributed by atoms with van der Waals surface area (Å²) in [4.78, 5) is 11.4. The Balaban J connectivity index is 2.32. The summed E-state index contributed by atoms with van der Waals surface area (Å²) in [7, 11) is 1.54. The smallest absolute Gasteiger partial charge is 0.163 e. The number of ketones is 1. The van der Waals surface area contributed by atoms with E-state index in [2.05, 4.69) is 5.32 Å². The van der Waals surface area contributed by atoms with Crippen LogP contribution in [0.1, 0.15) is 17.3 Å². The molecule has 0 fully saturated rings. The number of hydrogen-bond donors (Lipinski definition) is 1. The molecule has 2 rings (SSSR count). The zero-order valence-electron chi connectivity index (χ0n) is 10.7. The molecule has 0 saturated carbocycles. The minimum Gasteiger partial charge on any atom is -0.496 e. The third-order valence-corrected chi connectivity index (χ3v) is 3.06. The van der Waals surface area contributed by atoms with Crippen LogP contribution in [0.2, 0.25) is 5.02 Å². The van der Waals surface area contributed by atoms with Gasteiger partial charge in [0.15, 0.2) is 5.78 Å². The lowest BCUT2D eigenvalue weighted by Crippen LogP contribution is -1.99. The molecule has 0 aliphatic carbocycles. The van der Waals surface area contributed by atoms with Crippen LogP contribution >= 0.6 is 11.6 Å². The topological polar surface area (TPSA) is 38.3 Å². The minimum absolute atomic E-state index is 0.0267. The number of halogens is 1. The number of rotatable bonds is 4. The highest BCUT2D eigenvalue weighted by Crippen LogP contribution is 2.28. The SMILES string of the molecule is COc1cc(Nc2ccccc2Cl)ccc1C(C)=O. The Kier molecular flexibility index (Phi) is 4.07. The minimum atomic E-state index is -0.0267. The second-order valence-corrected chi connectivity index (χ2v) is 4.48. The van der Waals surface area contributed by atoms with Crippen molar-refractivity contribution in [3.63, 3.8) is 0 Å². The quantitative estimate of drug-likeness (QED) is 0.846. The molecule has 1 N–H and O–H groups in total. The fraction of sp³-hybridized carbons (Fsp3) is 0.133. The molecule has 0 aromatic heterocycles. The Hall–Kier alpha value is -2.00. The van der Waals surface area contributed by atoms with E-state index in [0.717, 1.165) is 11.4 Å². The number of carbonyl (C=O) groups excluding carboxylic acids is 1. The van der Waals surface area contributed by atoms with E-state index in [9.17, 15) is 4.79 Å². The fourth-order valence-electron chi connectivity index (χ4n) is 1.78. The van der Waals surface area contributed by atoms with Gasteiger partial charge in [0, 0.05) is 11.8 Å². The normalized spacial score (nSPS) is 10.1. The molecule has 3 nitrogen and oxygen atoms in total. The lowest BCUT2D eigenvalue weighted by atomic mass is 10.1. The first-order chi connectivity index (χ1) is 9.11. The lowest BCUT2D eigenvalue weighted by molar-refractivity contribution is 0.101. The molecule has 2 aromatic rings. The summed E-state index contributed by atoms with van der Waals surface area (Å²) in [5, 5.41) is 3.83. The molecule has 19 heavy (non-hydrogen) atoms. The summed E-state index contributed by atoms with van der Waals surface area (Å²) in [6.07, 6.45) is 0. The second-order valence-electron chi connectivity index (χ2n) is 4.08. The second kappa shape index (κ2) is 5.76. The zero-order chi connectivity index (χ0) is 13.8. The first-order valence-electron chi connectivity index (χ1n) is 5.82. The van der Waals surface area contributed by atoms with Crippen LogP contribution in [0.15, 0.2) is 42.5 Å². The largest absolute Gasteiger partial charge is 0.496 e. The van der Waals surface area contributed by atoms with Crippen LogP contribution in [0.5, 0.6) is 5.75 Å². The Morgan fingerprint density at radius 2 is 1.95 bits per heavy atom. The highest BCUT2D eigenvalue weighted by molar-refractivity contribution is 6.33. The molecule has 4 heteroatoms. The molecule has 0 bridgehead atoms. The summed E-state index contributed by atoms with van der Waals surface area (Å²) in [6, 6.07) is 12.8.